The molecule has 0 aromatic rings. The van der Waals surface area contributed by atoms with Gasteiger partial charge in [-0.3, -0.25) is 9.13 Å². The van der Waals surface area contributed by atoms with Crippen molar-refractivity contribution in [3.63, 3.8) is 0 Å². The van der Waals surface area contributed by atoms with Gasteiger partial charge in [0.05, 0.1) is 39.5 Å². The van der Waals surface area contributed by atoms with E-state index in [1.54, 1.807) is 4.90 Å². The summed E-state index contributed by atoms with van der Waals surface area (Å²) in [7, 11) is -3.84. The third-order valence-electron chi connectivity index (χ3n) is 7.27. The van der Waals surface area contributed by atoms with Crippen LogP contribution in [0, 0.1) is 0 Å². The van der Waals surface area contributed by atoms with Gasteiger partial charge in [0, 0.05) is 26.1 Å². The molecule has 0 radical (unpaired) electrons. The Morgan fingerprint density at radius 2 is 0.838 bits per heavy atom. The van der Waals surface area contributed by atoms with E-state index in [-0.39, 0.29) is 25.4 Å². The van der Waals surface area contributed by atoms with Crippen molar-refractivity contribution in [2.75, 3.05) is 59.1 Å². The second-order valence-electron chi connectivity index (χ2n) is 11.7. The topological polar surface area (TPSA) is 118 Å². The van der Waals surface area contributed by atoms with Gasteiger partial charge >= 0.3 is 15.2 Å². The third-order valence-corrected chi connectivity index (χ3v) is 8.83. The van der Waals surface area contributed by atoms with Crippen molar-refractivity contribution in [3.05, 3.63) is 0 Å². The second-order valence-corrected chi connectivity index (χ2v) is 15.2. The Hall–Kier alpha value is 0.220. The molecule has 0 saturated heterocycles. The summed E-state index contributed by atoms with van der Waals surface area (Å²) < 4.78 is 23.3. The number of hydrogen-bond acceptors (Lipinski definition) is 3. The van der Waals surface area contributed by atoms with E-state index in [1.807, 2.05) is 0 Å². The molecule has 0 unspecified atom stereocenters. The van der Waals surface area contributed by atoms with E-state index in [0.29, 0.717) is 6.54 Å². The number of quaternary nitrogens is 1. The summed E-state index contributed by atoms with van der Waals surface area (Å²) in [5.74, 6) is 0. The highest BCUT2D eigenvalue weighted by molar-refractivity contribution is 7.52. The molecule has 0 aliphatic carbocycles. The molecule has 0 rings (SSSR count). The molecule has 0 heterocycles. The second kappa shape index (κ2) is 22.0. The van der Waals surface area contributed by atoms with Crippen LogP contribution in [-0.2, 0) is 9.13 Å². The molecule has 0 amide bonds. The highest BCUT2D eigenvalue weighted by Gasteiger charge is 2.21. The zero-order chi connectivity index (χ0) is 28.0. The van der Waals surface area contributed by atoms with E-state index in [2.05, 4.69) is 21.0 Å². The van der Waals surface area contributed by atoms with Crippen LogP contribution < -0.4 is 0 Å². The Bertz CT molecular complexity index is 598. The first-order valence-electron chi connectivity index (χ1n) is 15.0. The fourth-order valence-electron chi connectivity index (χ4n) is 4.80. The molecular weight excluding hydrogens is 510 g/mol. The third kappa shape index (κ3) is 29.0. The van der Waals surface area contributed by atoms with Gasteiger partial charge in [-0.25, -0.2) is 0 Å². The van der Waals surface area contributed by atoms with Crippen LogP contribution in [0.2, 0.25) is 0 Å². The zero-order valence-electron chi connectivity index (χ0n) is 24.4. The van der Waals surface area contributed by atoms with Gasteiger partial charge in [-0.05, 0) is 12.8 Å². The molecule has 37 heavy (non-hydrogen) atoms. The van der Waals surface area contributed by atoms with Gasteiger partial charge in [-0.2, -0.15) is 0 Å². The predicted octanol–water partition coefficient (Wildman–Crippen LogP) is 6.37. The monoisotopic (exact) mass is 571 g/mol. The molecule has 0 atom stereocenters. The molecule has 0 aromatic carbocycles. The number of nitrogens with zero attached hydrogens (tertiary/aromatic N) is 2. The minimum Gasteiger partial charge on any atom is -0.328 e. The maximum atomic E-state index is 11.2. The van der Waals surface area contributed by atoms with Crippen LogP contribution in [0.3, 0.4) is 0 Å². The Morgan fingerprint density at radius 3 is 1.19 bits per heavy atom. The summed E-state index contributed by atoms with van der Waals surface area (Å²) in [6.45, 7) is 5.19. The summed E-state index contributed by atoms with van der Waals surface area (Å²) in [5, 5.41) is 0. The van der Waals surface area contributed by atoms with Gasteiger partial charge < -0.3 is 29.0 Å². The van der Waals surface area contributed by atoms with E-state index in [1.165, 1.54) is 103 Å². The quantitative estimate of drug-likeness (QED) is 0.0514. The van der Waals surface area contributed by atoms with Gasteiger partial charge in [-0.15, -0.1) is 0 Å². The number of unbranched alkanes of at least 4 members (excludes halogenated alkanes) is 15. The Kier molecular flexibility index (Phi) is 22.1. The molecule has 224 valence electrons. The predicted molar refractivity (Wildman–Crippen MR) is 156 cm³/mol. The van der Waals surface area contributed by atoms with Crippen molar-refractivity contribution in [2.24, 2.45) is 0 Å². The standard InChI is InChI=1S/C27H60N2O6P2/c1-4-5-6-7-8-9-10-11-12-13-14-15-16-17-18-19-24-29(2,3)25-20-21-28(22-26-36(30,31)32)23-27-37(33,34)35/h4-27H2,1-3H3,(H3-,30,31,32,33,34,35)/p+1. The zero-order valence-corrected chi connectivity index (χ0v) is 26.2. The van der Waals surface area contributed by atoms with E-state index in [9.17, 15) is 9.13 Å². The molecule has 8 nitrogen and oxygen atoms in total. The molecule has 0 bridgehead atoms. The van der Waals surface area contributed by atoms with E-state index in [4.69, 9.17) is 19.6 Å². The lowest BCUT2D eigenvalue weighted by Gasteiger charge is -2.31. The van der Waals surface area contributed by atoms with Gasteiger partial charge in [0.2, 0.25) is 0 Å². The van der Waals surface area contributed by atoms with Crippen molar-refractivity contribution in [1.29, 1.82) is 0 Å². The maximum absolute atomic E-state index is 11.2. The SMILES string of the molecule is CCCCCCCCCCCCCCCCCC[N+](C)(C)CCCN(CCP(=O)(O)O)CCP(=O)(O)O. The van der Waals surface area contributed by atoms with Crippen LogP contribution in [0.15, 0.2) is 0 Å². The lowest BCUT2D eigenvalue weighted by molar-refractivity contribution is -0.890. The number of hydrogen-bond donors (Lipinski definition) is 4. The first kappa shape index (κ1) is 37.2. The van der Waals surface area contributed by atoms with E-state index in [0.717, 1.165) is 24.0 Å². The molecule has 0 aromatic heterocycles. The van der Waals surface area contributed by atoms with Gasteiger partial charge in [-0.1, -0.05) is 96.8 Å². The van der Waals surface area contributed by atoms with Gasteiger partial charge in [0.25, 0.3) is 0 Å². The normalized spacial score (nSPS) is 13.1. The summed E-state index contributed by atoms with van der Waals surface area (Å²) in [6.07, 6.45) is 22.1. The van der Waals surface area contributed by atoms with Crippen LogP contribution in [0.5, 0.6) is 0 Å². The molecular formula is C27H61N2O6P2+. The number of rotatable bonds is 27. The molecule has 0 aliphatic rings. The first-order chi connectivity index (χ1) is 17.3. The van der Waals surface area contributed by atoms with E-state index >= 15 is 0 Å². The highest BCUT2D eigenvalue weighted by atomic mass is 31.2. The Labute approximate surface area is 228 Å². The van der Waals surface area contributed by atoms with Gasteiger partial charge in [0.1, 0.15) is 0 Å². The van der Waals surface area contributed by atoms with Crippen molar-refractivity contribution in [2.45, 2.75) is 116 Å². The molecule has 10 heteroatoms. The van der Waals surface area contributed by atoms with Crippen molar-refractivity contribution >= 4 is 15.2 Å². The van der Waals surface area contributed by atoms with Crippen LogP contribution in [0.1, 0.15) is 116 Å². The summed E-state index contributed by atoms with van der Waals surface area (Å²) in [4.78, 5) is 38.4. The first-order valence-corrected chi connectivity index (χ1v) is 18.6. The van der Waals surface area contributed by atoms with Crippen molar-refractivity contribution in [1.82, 2.24) is 4.90 Å². The fourth-order valence-corrected chi connectivity index (χ4v) is 5.89. The average Bonchev–Trinajstić information content (AvgIpc) is 2.79. The van der Waals surface area contributed by atoms with Crippen molar-refractivity contribution < 1.29 is 33.2 Å². The summed E-state index contributed by atoms with van der Waals surface area (Å²) in [6, 6.07) is 0. The van der Waals surface area contributed by atoms with Crippen LogP contribution in [0.4, 0.5) is 0 Å². The molecule has 0 saturated carbocycles. The van der Waals surface area contributed by atoms with Crippen LogP contribution in [0.25, 0.3) is 0 Å². The Morgan fingerprint density at radius 1 is 0.514 bits per heavy atom. The Balaban J connectivity index is 3.80. The summed E-state index contributed by atoms with van der Waals surface area (Å²) >= 11 is 0. The minimum absolute atomic E-state index is 0.150. The smallest absolute Gasteiger partial charge is 0.326 e. The lowest BCUT2D eigenvalue weighted by atomic mass is 10.0. The van der Waals surface area contributed by atoms with E-state index < -0.39 is 15.2 Å². The highest BCUT2D eigenvalue weighted by Crippen LogP contribution is 2.35. The maximum Gasteiger partial charge on any atom is 0.326 e. The molecule has 0 aliphatic heterocycles. The fraction of sp³-hybridized carbons (Fsp3) is 1.00. The van der Waals surface area contributed by atoms with Crippen LogP contribution >= 0.6 is 15.2 Å². The lowest BCUT2D eigenvalue weighted by Crippen LogP contribution is -2.43. The largest absolute Gasteiger partial charge is 0.328 e. The minimum atomic E-state index is -4.13. The molecule has 0 spiro atoms. The van der Waals surface area contributed by atoms with Crippen molar-refractivity contribution in [3.8, 4) is 0 Å². The molecule has 4 N–H and O–H groups in total. The molecule has 0 fully saturated rings. The summed E-state index contributed by atoms with van der Waals surface area (Å²) in [5.41, 5.74) is 0. The van der Waals surface area contributed by atoms with Gasteiger partial charge in [0.15, 0.2) is 0 Å². The van der Waals surface area contributed by atoms with Crippen LogP contribution in [-0.4, -0.2) is 88.1 Å². The average molecular weight is 572 g/mol.